The summed E-state index contributed by atoms with van der Waals surface area (Å²) in [5.74, 6) is 0.659. The molecule has 0 fully saturated rings. The molecule has 0 atom stereocenters. The molecule has 0 saturated carbocycles. The van der Waals surface area contributed by atoms with Crippen molar-refractivity contribution >= 4 is 0 Å². The van der Waals surface area contributed by atoms with Gasteiger partial charge in [-0.1, -0.05) is 0 Å². The molecule has 0 radical (unpaired) electrons. The molecular weight excluding hydrogens is 288 g/mol. The standard InChI is InChI=1S/C19H16N2O2/c22-14-1-3-16-12(9-14)5-7-20-11-21-8-6-13-10-15(23)2-4-17(13)19(21)18(16)20/h1-4,9-11H,5-8H2,(H-,22,23)/p+1. The van der Waals surface area contributed by atoms with Crippen LogP contribution in [-0.2, 0) is 25.9 Å². The van der Waals surface area contributed by atoms with Crippen molar-refractivity contribution in [2.75, 3.05) is 0 Å². The van der Waals surface area contributed by atoms with Crippen LogP contribution in [-0.4, -0.2) is 14.8 Å². The second-order valence-corrected chi connectivity index (χ2v) is 6.38. The first kappa shape index (κ1) is 12.8. The van der Waals surface area contributed by atoms with Gasteiger partial charge in [-0.3, -0.25) is 0 Å². The van der Waals surface area contributed by atoms with Crippen molar-refractivity contribution in [3.8, 4) is 34.0 Å². The van der Waals surface area contributed by atoms with Gasteiger partial charge in [-0.25, -0.2) is 9.13 Å². The Morgan fingerprint density at radius 2 is 1.57 bits per heavy atom. The Hall–Kier alpha value is -2.75. The molecule has 1 aromatic heterocycles. The highest BCUT2D eigenvalue weighted by molar-refractivity contribution is 5.81. The van der Waals surface area contributed by atoms with Crippen LogP contribution in [0.5, 0.6) is 11.5 Å². The summed E-state index contributed by atoms with van der Waals surface area (Å²) in [6, 6.07) is 11.3. The summed E-state index contributed by atoms with van der Waals surface area (Å²) in [7, 11) is 0. The molecule has 0 unspecified atom stereocenters. The quantitative estimate of drug-likeness (QED) is 0.627. The smallest absolute Gasteiger partial charge is 0.244 e. The molecular formula is C19H17N2O2+. The van der Waals surface area contributed by atoms with Crippen LogP contribution in [0.3, 0.4) is 0 Å². The molecule has 0 amide bonds. The maximum absolute atomic E-state index is 9.77. The Morgan fingerprint density at radius 1 is 0.870 bits per heavy atom. The molecule has 5 rings (SSSR count). The van der Waals surface area contributed by atoms with E-state index in [1.54, 1.807) is 12.1 Å². The maximum atomic E-state index is 9.77. The van der Waals surface area contributed by atoms with Crippen LogP contribution in [0.15, 0.2) is 42.7 Å². The fourth-order valence-corrected chi connectivity index (χ4v) is 3.98. The Kier molecular flexibility index (Phi) is 2.43. The highest BCUT2D eigenvalue weighted by Crippen LogP contribution is 2.40. The van der Waals surface area contributed by atoms with Crippen molar-refractivity contribution in [2.24, 2.45) is 0 Å². The molecule has 0 saturated heterocycles. The zero-order chi connectivity index (χ0) is 15.6. The maximum Gasteiger partial charge on any atom is 0.244 e. The number of phenols is 2. The molecule has 3 aromatic rings. The summed E-state index contributed by atoms with van der Waals surface area (Å²) in [5.41, 5.74) is 7.23. The Bertz CT molecular complexity index is 880. The summed E-state index contributed by atoms with van der Waals surface area (Å²) in [5, 5.41) is 19.5. The van der Waals surface area contributed by atoms with Crippen LogP contribution in [0.2, 0.25) is 0 Å². The van der Waals surface area contributed by atoms with Gasteiger partial charge in [0.05, 0.1) is 13.1 Å². The van der Waals surface area contributed by atoms with Crippen molar-refractivity contribution in [2.45, 2.75) is 25.9 Å². The van der Waals surface area contributed by atoms with E-state index in [4.69, 9.17) is 0 Å². The number of hydrogen-bond donors (Lipinski definition) is 2. The van der Waals surface area contributed by atoms with Gasteiger partial charge in [0, 0.05) is 24.0 Å². The molecule has 3 heterocycles. The minimum atomic E-state index is 0.329. The lowest BCUT2D eigenvalue weighted by molar-refractivity contribution is -0.687. The minimum Gasteiger partial charge on any atom is -0.508 e. The van der Waals surface area contributed by atoms with Crippen LogP contribution in [0.25, 0.3) is 22.5 Å². The third-order valence-corrected chi connectivity index (χ3v) is 5.01. The van der Waals surface area contributed by atoms with Crippen LogP contribution in [0.1, 0.15) is 11.1 Å². The van der Waals surface area contributed by atoms with Gasteiger partial charge in [-0.2, -0.15) is 0 Å². The predicted octanol–water partition coefficient (Wildman–Crippen LogP) is 2.63. The second kappa shape index (κ2) is 4.38. The molecule has 2 aliphatic heterocycles. The summed E-state index contributed by atoms with van der Waals surface area (Å²) in [6.07, 6.45) is 4.08. The van der Waals surface area contributed by atoms with Crippen molar-refractivity contribution in [1.82, 2.24) is 4.57 Å². The van der Waals surface area contributed by atoms with Gasteiger partial charge in [-0.15, -0.1) is 0 Å². The van der Waals surface area contributed by atoms with Crippen molar-refractivity contribution in [3.63, 3.8) is 0 Å². The number of imidazole rings is 1. The monoisotopic (exact) mass is 305 g/mol. The molecule has 0 spiro atoms. The molecule has 23 heavy (non-hydrogen) atoms. The summed E-state index contributed by atoms with van der Waals surface area (Å²) < 4.78 is 4.63. The van der Waals surface area contributed by atoms with E-state index in [-0.39, 0.29) is 0 Å². The second-order valence-electron chi connectivity index (χ2n) is 6.38. The van der Waals surface area contributed by atoms with Gasteiger partial charge in [0.1, 0.15) is 11.5 Å². The van der Waals surface area contributed by atoms with Crippen LogP contribution >= 0.6 is 0 Å². The highest BCUT2D eigenvalue weighted by atomic mass is 16.3. The van der Waals surface area contributed by atoms with E-state index < -0.39 is 0 Å². The Morgan fingerprint density at radius 3 is 2.35 bits per heavy atom. The molecule has 2 aliphatic rings. The third-order valence-electron chi connectivity index (χ3n) is 5.01. The molecule has 2 aromatic carbocycles. The third kappa shape index (κ3) is 1.75. The average molecular weight is 305 g/mol. The number of aromatic hydroxyl groups is 2. The molecule has 0 aliphatic carbocycles. The Labute approximate surface area is 133 Å². The fraction of sp³-hybridized carbons (Fsp3) is 0.211. The van der Waals surface area contributed by atoms with Crippen LogP contribution in [0, 0.1) is 0 Å². The number of benzene rings is 2. The number of aryl methyl sites for hydroxylation is 4. The Balaban J connectivity index is 1.81. The fourth-order valence-electron chi connectivity index (χ4n) is 3.98. The number of hydrogen-bond acceptors (Lipinski definition) is 2. The van der Waals surface area contributed by atoms with Crippen LogP contribution in [0.4, 0.5) is 0 Å². The van der Waals surface area contributed by atoms with E-state index in [1.807, 2.05) is 24.3 Å². The molecule has 4 heteroatoms. The largest absolute Gasteiger partial charge is 0.508 e. The SMILES string of the molecule is Oc1ccc2c(c1)CCn1c[n+]3c(c1-2)-c1ccc(O)cc1CC3. The van der Waals surface area contributed by atoms with Gasteiger partial charge in [0.15, 0.2) is 11.4 Å². The van der Waals surface area contributed by atoms with Gasteiger partial charge in [0.2, 0.25) is 6.33 Å². The van der Waals surface area contributed by atoms with E-state index in [9.17, 15) is 10.2 Å². The zero-order valence-corrected chi connectivity index (χ0v) is 12.7. The van der Waals surface area contributed by atoms with Gasteiger partial charge >= 0.3 is 0 Å². The van der Waals surface area contributed by atoms with E-state index in [0.717, 1.165) is 25.9 Å². The first-order chi connectivity index (χ1) is 11.2. The molecule has 2 N–H and O–H groups in total. The van der Waals surface area contributed by atoms with Crippen LogP contribution < -0.4 is 4.57 Å². The molecule has 4 nitrogen and oxygen atoms in total. The van der Waals surface area contributed by atoms with E-state index in [2.05, 4.69) is 15.5 Å². The average Bonchev–Trinajstić information content (AvgIpc) is 2.93. The van der Waals surface area contributed by atoms with E-state index in [1.165, 1.54) is 33.6 Å². The summed E-state index contributed by atoms with van der Waals surface area (Å²) in [4.78, 5) is 0. The summed E-state index contributed by atoms with van der Waals surface area (Å²) >= 11 is 0. The number of phenolic OH excluding ortho intramolecular Hbond substituents is 2. The highest BCUT2D eigenvalue weighted by Gasteiger charge is 2.33. The first-order valence-electron chi connectivity index (χ1n) is 7.98. The van der Waals surface area contributed by atoms with E-state index >= 15 is 0 Å². The first-order valence-corrected chi connectivity index (χ1v) is 7.98. The number of fused-ring (bicyclic) bond motifs is 7. The van der Waals surface area contributed by atoms with Crippen molar-refractivity contribution < 1.29 is 14.8 Å². The zero-order valence-electron chi connectivity index (χ0n) is 12.7. The predicted molar refractivity (Wildman–Crippen MR) is 86.2 cm³/mol. The minimum absolute atomic E-state index is 0.329. The van der Waals surface area contributed by atoms with Gasteiger partial charge in [0.25, 0.3) is 0 Å². The number of aromatic nitrogens is 2. The number of rotatable bonds is 0. The lowest BCUT2D eigenvalue weighted by Gasteiger charge is -2.18. The van der Waals surface area contributed by atoms with Gasteiger partial charge in [-0.05, 0) is 47.5 Å². The van der Waals surface area contributed by atoms with Gasteiger partial charge < -0.3 is 10.2 Å². The van der Waals surface area contributed by atoms with Crippen molar-refractivity contribution in [1.29, 1.82) is 0 Å². The molecule has 114 valence electrons. The van der Waals surface area contributed by atoms with Crippen molar-refractivity contribution in [3.05, 3.63) is 53.9 Å². The number of nitrogens with zero attached hydrogens (tertiary/aromatic N) is 2. The lowest BCUT2D eigenvalue weighted by atomic mass is 9.91. The molecule has 0 bridgehead atoms. The summed E-state index contributed by atoms with van der Waals surface area (Å²) in [6.45, 7) is 1.86. The topological polar surface area (TPSA) is 49.3 Å². The lowest BCUT2D eigenvalue weighted by Crippen LogP contribution is -2.38. The normalized spacial score (nSPS) is 14.6. The van der Waals surface area contributed by atoms with E-state index in [0.29, 0.717) is 11.5 Å².